The van der Waals surface area contributed by atoms with Crippen molar-refractivity contribution in [2.24, 2.45) is 0 Å². The largest absolute Gasteiger partial charge is 0.477 e. The summed E-state index contributed by atoms with van der Waals surface area (Å²) in [5.41, 5.74) is 0.141. The number of nitrogens with zero attached hydrogens (tertiary/aromatic N) is 2. The van der Waals surface area contributed by atoms with Gasteiger partial charge in [-0.1, -0.05) is 0 Å². The molecule has 2 saturated heterocycles. The van der Waals surface area contributed by atoms with Crippen LogP contribution in [0.2, 0.25) is 0 Å². The molecule has 3 aliphatic heterocycles. The summed E-state index contributed by atoms with van der Waals surface area (Å²) in [6.07, 6.45) is 2.14. The van der Waals surface area contributed by atoms with Gasteiger partial charge in [0.05, 0.1) is 17.2 Å². The van der Waals surface area contributed by atoms with Gasteiger partial charge in [-0.05, 0) is 6.08 Å². The maximum Gasteiger partial charge on any atom is 0.352 e. The lowest BCUT2D eigenvalue weighted by Crippen LogP contribution is -2.55. The lowest BCUT2D eigenvalue weighted by molar-refractivity contribution is -0.146. The van der Waals surface area contributed by atoms with E-state index in [1.807, 2.05) is 0 Å². The Balaban J connectivity index is 1.85. The number of β-lactam (4-membered cyclic amide) rings is 1. The quantitative estimate of drug-likeness (QED) is 0.645. The monoisotopic (exact) mass is 255 g/mol. The predicted molar refractivity (Wildman–Crippen MR) is 61.9 cm³/mol. The molecule has 3 rings (SSSR count). The SMILES string of the molecule is O=C(O)C1=CC(N2CCNC2)S[C@@H]2CC(=O)N12. The minimum absolute atomic E-state index is 0.00389. The predicted octanol–water partition coefficient (Wildman–Crippen LogP) is -0.551. The highest BCUT2D eigenvalue weighted by Gasteiger charge is 2.46. The molecule has 1 unspecified atom stereocenters. The van der Waals surface area contributed by atoms with E-state index in [4.69, 9.17) is 5.11 Å². The lowest BCUT2D eigenvalue weighted by atomic mass is 10.1. The standard InChI is InChI=1S/C10H13N3O3S/c14-7-4-9-13(7)6(10(15)16)3-8(17-9)12-2-1-11-5-12/h3,8-9,11H,1-2,4-5H2,(H,15,16)/t8?,9-/m1/s1. The number of rotatable bonds is 2. The first-order chi connectivity index (χ1) is 8.16. The Morgan fingerprint density at radius 2 is 2.41 bits per heavy atom. The van der Waals surface area contributed by atoms with Crippen LogP contribution in [-0.4, -0.2) is 57.3 Å². The van der Waals surface area contributed by atoms with E-state index in [2.05, 4.69) is 10.2 Å². The molecule has 0 aromatic carbocycles. The molecule has 17 heavy (non-hydrogen) atoms. The number of hydrogen-bond donors (Lipinski definition) is 2. The van der Waals surface area contributed by atoms with Crippen LogP contribution in [0.25, 0.3) is 0 Å². The molecule has 2 atom stereocenters. The van der Waals surface area contributed by atoms with E-state index in [9.17, 15) is 9.59 Å². The summed E-state index contributed by atoms with van der Waals surface area (Å²) in [6.45, 7) is 2.63. The highest BCUT2D eigenvalue weighted by Crippen LogP contribution is 2.41. The molecule has 0 bridgehead atoms. The number of aliphatic carboxylic acids is 1. The van der Waals surface area contributed by atoms with E-state index < -0.39 is 5.97 Å². The van der Waals surface area contributed by atoms with Crippen molar-refractivity contribution in [3.8, 4) is 0 Å². The van der Waals surface area contributed by atoms with Gasteiger partial charge >= 0.3 is 5.97 Å². The van der Waals surface area contributed by atoms with Crippen LogP contribution in [0.5, 0.6) is 0 Å². The highest BCUT2D eigenvalue weighted by molar-refractivity contribution is 8.00. The van der Waals surface area contributed by atoms with Crippen LogP contribution in [0, 0.1) is 0 Å². The highest BCUT2D eigenvalue weighted by atomic mass is 32.2. The second kappa shape index (κ2) is 4.01. The molecule has 0 spiro atoms. The molecule has 3 aliphatic rings. The fourth-order valence-corrected chi connectivity index (χ4v) is 3.78. The zero-order valence-electron chi connectivity index (χ0n) is 9.13. The number of carbonyl (C=O) groups is 2. The molecule has 2 fully saturated rings. The van der Waals surface area contributed by atoms with Gasteiger partial charge in [0, 0.05) is 19.8 Å². The van der Waals surface area contributed by atoms with Crippen molar-refractivity contribution >= 4 is 23.6 Å². The molecule has 1 amide bonds. The summed E-state index contributed by atoms with van der Waals surface area (Å²) in [6, 6.07) is 0. The maximum absolute atomic E-state index is 11.4. The van der Waals surface area contributed by atoms with Crippen LogP contribution in [-0.2, 0) is 9.59 Å². The van der Waals surface area contributed by atoms with Crippen molar-refractivity contribution in [2.75, 3.05) is 19.8 Å². The molecule has 3 heterocycles. The molecule has 0 aliphatic carbocycles. The third kappa shape index (κ3) is 1.74. The Morgan fingerprint density at radius 1 is 1.59 bits per heavy atom. The fourth-order valence-electron chi connectivity index (χ4n) is 2.31. The van der Waals surface area contributed by atoms with Gasteiger partial charge in [0.2, 0.25) is 5.91 Å². The van der Waals surface area contributed by atoms with Crippen molar-refractivity contribution in [1.82, 2.24) is 15.1 Å². The van der Waals surface area contributed by atoms with E-state index in [0.29, 0.717) is 6.42 Å². The smallest absolute Gasteiger partial charge is 0.352 e. The fraction of sp³-hybridized carbons (Fsp3) is 0.600. The number of fused-ring (bicyclic) bond motifs is 1. The van der Waals surface area contributed by atoms with Crippen LogP contribution in [0.15, 0.2) is 11.8 Å². The molecule has 6 nitrogen and oxygen atoms in total. The molecule has 7 heteroatoms. The first kappa shape index (κ1) is 11.1. The van der Waals surface area contributed by atoms with E-state index in [0.717, 1.165) is 19.8 Å². The third-order valence-corrected chi connectivity index (χ3v) is 4.64. The summed E-state index contributed by atoms with van der Waals surface area (Å²) in [7, 11) is 0. The summed E-state index contributed by atoms with van der Waals surface area (Å²) in [5, 5.41) is 12.4. The van der Waals surface area contributed by atoms with E-state index in [-0.39, 0.29) is 22.4 Å². The minimum atomic E-state index is -1.01. The first-order valence-electron chi connectivity index (χ1n) is 5.54. The molecule has 2 N–H and O–H groups in total. The Kier molecular flexibility index (Phi) is 2.61. The molecule has 0 aromatic heterocycles. The van der Waals surface area contributed by atoms with Crippen LogP contribution >= 0.6 is 11.8 Å². The lowest BCUT2D eigenvalue weighted by Gasteiger charge is -2.45. The van der Waals surface area contributed by atoms with Crippen LogP contribution in [0.4, 0.5) is 0 Å². The second-order valence-electron chi connectivity index (χ2n) is 4.28. The number of carboxylic acid groups (broad SMARTS) is 1. The van der Waals surface area contributed by atoms with E-state index >= 15 is 0 Å². The van der Waals surface area contributed by atoms with Crippen molar-refractivity contribution in [3.63, 3.8) is 0 Å². The van der Waals surface area contributed by atoms with Crippen molar-refractivity contribution in [2.45, 2.75) is 17.2 Å². The van der Waals surface area contributed by atoms with Gasteiger partial charge in [-0.2, -0.15) is 0 Å². The average molecular weight is 255 g/mol. The topological polar surface area (TPSA) is 72.9 Å². The summed E-state index contributed by atoms with van der Waals surface area (Å²) in [5.74, 6) is -1.10. The summed E-state index contributed by atoms with van der Waals surface area (Å²) in [4.78, 5) is 26.1. The molecule has 0 aromatic rings. The number of carboxylic acids is 1. The molecular formula is C10H13N3O3S. The zero-order valence-corrected chi connectivity index (χ0v) is 9.94. The number of thioether (sulfide) groups is 1. The van der Waals surface area contributed by atoms with Crippen LogP contribution in [0.3, 0.4) is 0 Å². The zero-order chi connectivity index (χ0) is 12.0. The number of amides is 1. The number of carbonyl (C=O) groups excluding carboxylic acids is 1. The third-order valence-electron chi connectivity index (χ3n) is 3.23. The summed E-state index contributed by atoms with van der Waals surface area (Å²) >= 11 is 1.65. The van der Waals surface area contributed by atoms with Crippen LogP contribution in [0.1, 0.15) is 6.42 Å². The van der Waals surface area contributed by atoms with Gasteiger partial charge < -0.3 is 10.4 Å². The second-order valence-corrected chi connectivity index (χ2v) is 5.58. The van der Waals surface area contributed by atoms with Gasteiger partial charge in [0.1, 0.15) is 5.70 Å². The molecule has 0 saturated carbocycles. The molecule has 0 radical (unpaired) electrons. The molecular weight excluding hydrogens is 242 g/mol. The number of hydrogen-bond acceptors (Lipinski definition) is 5. The van der Waals surface area contributed by atoms with Gasteiger partial charge in [-0.25, -0.2) is 4.79 Å². The Bertz CT molecular complexity index is 406. The summed E-state index contributed by atoms with van der Waals surface area (Å²) < 4.78 is 0. The Hall–Kier alpha value is -1.05. The average Bonchev–Trinajstić information content (AvgIpc) is 2.79. The normalized spacial score (nSPS) is 33.1. The Morgan fingerprint density at radius 3 is 3.00 bits per heavy atom. The van der Waals surface area contributed by atoms with Gasteiger partial charge in [-0.3, -0.25) is 14.6 Å². The van der Waals surface area contributed by atoms with Gasteiger partial charge in [-0.15, -0.1) is 11.8 Å². The van der Waals surface area contributed by atoms with Crippen LogP contribution < -0.4 is 5.32 Å². The van der Waals surface area contributed by atoms with E-state index in [1.165, 1.54) is 4.90 Å². The van der Waals surface area contributed by atoms with Gasteiger partial charge in [0.25, 0.3) is 0 Å². The first-order valence-corrected chi connectivity index (χ1v) is 6.48. The van der Waals surface area contributed by atoms with Gasteiger partial charge in [0.15, 0.2) is 0 Å². The number of nitrogens with one attached hydrogen (secondary N) is 1. The Labute approximate surface area is 103 Å². The molecule has 92 valence electrons. The van der Waals surface area contributed by atoms with Crippen molar-refractivity contribution in [1.29, 1.82) is 0 Å². The minimum Gasteiger partial charge on any atom is -0.477 e. The van der Waals surface area contributed by atoms with Crippen molar-refractivity contribution in [3.05, 3.63) is 11.8 Å². The maximum atomic E-state index is 11.4. The van der Waals surface area contributed by atoms with Crippen molar-refractivity contribution < 1.29 is 14.7 Å². The van der Waals surface area contributed by atoms with E-state index in [1.54, 1.807) is 17.8 Å².